The molecule has 21 heavy (non-hydrogen) atoms. The van der Waals surface area contributed by atoms with Crippen LogP contribution in [-0.4, -0.2) is 32.2 Å². The highest BCUT2D eigenvalue weighted by Crippen LogP contribution is 2.31. The fourth-order valence-corrected chi connectivity index (χ4v) is 1.75. The van der Waals surface area contributed by atoms with E-state index in [0.717, 1.165) is 6.42 Å². The molecule has 0 bridgehead atoms. The quantitative estimate of drug-likeness (QED) is 0.592. The molecular weight excluding hydrogens is 276 g/mol. The highest BCUT2D eigenvalue weighted by Gasteiger charge is 2.17. The average molecular weight is 292 g/mol. The fraction of sp³-hybridized carbons (Fsp3) is 0.417. The van der Waals surface area contributed by atoms with E-state index in [1.807, 2.05) is 13.8 Å². The Kier molecular flexibility index (Phi) is 4.64. The molecule has 1 aromatic heterocycles. The smallest absolute Gasteiger partial charge is 0.311 e. The van der Waals surface area contributed by atoms with E-state index < -0.39 is 4.92 Å². The number of rotatable bonds is 7. The van der Waals surface area contributed by atoms with E-state index >= 15 is 0 Å². The molecule has 0 aliphatic heterocycles. The van der Waals surface area contributed by atoms with Crippen molar-refractivity contribution in [2.75, 3.05) is 11.9 Å². The summed E-state index contributed by atoms with van der Waals surface area (Å²) in [5, 5.41) is 27.7. The van der Waals surface area contributed by atoms with Gasteiger partial charge in [0.05, 0.1) is 17.6 Å². The number of benzene rings is 1. The molecule has 2 aromatic rings. The number of nitro benzene ring substituents is 1. The zero-order valence-electron chi connectivity index (χ0n) is 11.7. The van der Waals surface area contributed by atoms with Crippen molar-refractivity contribution < 1.29 is 9.66 Å². The zero-order chi connectivity index (χ0) is 15.2. The summed E-state index contributed by atoms with van der Waals surface area (Å²) < 4.78 is 5.43. The minimum absolute atomic E-state index is 0.0544. The van der Waals surface area contributed by atoms with Crippen LogP contribution in [0.4, 0.5) is 11.4 Å². The van der Waals surface area contributed by atoms with Crippen molar-refractivity contribution in [3.8, 4) is 5.75 Å². The van der Waals surface area contributed by atoms with Crippen LogP contribution < -0.4 is 10.1 Å². The number of aromatic amines is 1. The van der Waals surface area contributed by atoms with Gasteiger partial charge in [-0.15, -0.1) is 10.2 Å². The molecule has 0 saturated heterocycles. The van der Waals surface area contributed by atoms with Crippen LogP contribution in [0.25, 0.3) is 0 Å². The van der Waals surface area contributed by atoms with Crippen LogP contribution in [0.3, 0.4) is 0 Å². The van der Waals surface area contributed by atoms with Crippen molar-refractivity contribution in [2.24, 2.45) is 0 Å². The number of ether oxygens (including phenoxy) is 1. The van der Waals surface area contributed by atoms with Gasteiger partial charge in [-0.25, -0.2) is 0 Å². The number of hydrogen-bond donors (Lipinski definition) is 2. The first kappa shape index (κ1) is 14.7. The second kappa shape index (κ2) is 6.64. The van der Waals surface area contributed by atoms with Crippen molar-refractivity contribution in [1.82, 2.24) is 20.6 Å². The van der Waals surface area contributed by atoms with Crippen LogP contribution >= 0.6 is 0 Å². The minimum atomic E-state index is -0.461. The number of aromatic nitrogens is 4. The Morgan fingerprint density at radius 2 is 2.33 bits per heavy atom. The van der Waals surface area contributed by atoms with Gasteiger partial charge in [-0.2, -0.15) is 5.21 Å². The fourth-order valence-electron chi connectivity index (χ4n) is 1.75. The van der Waals surface area contributed by atoms with Gasteiger partial charge in [-0.3, -0.25) is 10.1 Å². The van der Waals surface area contributed by atoms with Gasteiger partial charge >= 0.3 is 5.69 Å². The van der Waals surface area contributed by atoms with Crippen molar-refractivity contribution in [3.05, 3.63) is 34.1 Å². The highest BCUT2D eigenvalue weighted by atomic mass is 16.6. The summed E-state index contributed by atoms with van der Waals surface area (Å²) in [4.78, 5) is 10.5. The summed E-state index contributed by atoms with van der Waals surface area (Å²) in [7, 11) is 0. The first-order valence-corrected chi connectivity index (χ1v) is 6.53. The van der Waals surface area contributed by atoms with E-state index in [2.05, 4.69) is 25.9 Å². The zero-order valence-corrected chi connectivity index (χ0v) is 11.7. The maximum Gasteiger partial charge on any atom is 0.311 e. The Labute approximate surface area is 120 Å². The van der Waals surface area contributed by atoms with Crippen molar-refractivity contribution in [1.29, 1.82) is 0 Å². The Bertz CT molecular complexity index is 601. The monoisotopic (exact) mass is 292 g/mol. The van der Waals surface area contributed by atoms with Gasteiger partial charge in [0.1, 0.15) is 0 Å². The molecule has 0 aliphatic rings. The Hall–Kier alpha value is -2.71. The molecule has 1 atom stereocenters. The summed E-state index contributed by atoms with van der Waals surface area (Å²) >= 11 is 0. The molecule has 1 aromatic carbocycles. The van der Waals surface area contributed by atoms with E-state index in [-0.39, 0.29) is 17.5 Å². The predicted octanol–water partition coefficient (Wildman–Crippen LogP) is 2.07. The number of anilines is 1. The molecule has 2 rings (SSSR count). The third-order valence-electron chi connectivity index (χ3n) is 2.75. The van der Waals surface area contributed by atoms with Crippen LogP contribution in [0.2, 0.25) is 0 Å². The van der Waals surface area contributed by atoms with Gasteiger partial charge in [-0.1, -0.05) is 12.1 Å². The number of hydrogen-bond acceptors (Lipinski definition) is 7. The van der Waals surface area contributed by atoms with Crippen LogP contribution in [0.15, 0.2) is 18.2 Å². The second-order valence-corrected chi connectivity index (χ2v) is 4.42. The lowest BCUT2D eigenvalue weighted by Gasteiger charge is -2.13. The largest absolute Gasteiger partial charge is 0.487 e. The topological polar surface area (TPSA) is 119 Å². The standard InChI is InChI=1S/C12H16N6O3/c1-3-6-21-11-7-9(4-5-10(11)18(19)20)13-8(2)12-14-16-17-15-12/h4-5,7-8,13H,3,6H2,1-2H3,(H,14,15,16,17). The van der Waals surface area contributed by atoms with E-state index in [1.54, 1.807) is 12.1 Å². The molecule has 0 amide bonds. The SMILES string of the molecule is CCCOc1cc(NC(C)c2nn[nH]n2)ccc1[N+](=O)[O-]. The Morgan fingerprint density at radius 3 is 2.95 bits per heavy atom. The summed E-state index contributed by atoms with van der Waals surface area (Å²) in [6.45, 7) is 4.22. The molecule has 112 valence electrons. The third-order valence-corrected chi connectivity index (χ3v) is 2.75. The van der Waals surface area contributed by atoms with Crippen LogP contribution in [0.5, 0.6) is 5.75 Å². The van der Waals surface area contributed by atoms with Crippen molar-refractivity contribution >= 4 is 11.4 Å². The summed E-state index contributed by atoms with van der Waals surface area (Å²) in [5.74, 6) is 0.747. The van der Waals surface area contributed by atoms with Gasteiger partial charge < -0.3 is 10.1 Å². The van der Waals surface area contributed by atoms with Crippen LogP contribution in [-0.2, 0) is 0 Å². The Morgan fingerprint density at radius 1 is 1.52 bits per heavy atom. The minimum Gasteiger partial charge on any atom is -0.487 e. The summed E-state index contributed by atoms with van der Waals surface area (Å²) in [5.41, 5.74) is 0.630. The van der Waals surface area contributed by atoms with Gasteiger partial charge in [-0.05, 0) is 19.4 Å². The van der Waals surface area contributed by atoms with Crippen molar-refractivity contribution in [3.63, 3.8) is 0 Å². The van der Waals surface area contributed by atoms with Gasteiger partial charge in [0, 0.05) is 17.8 Å². The maximum atomic E-state index is 11.0. The number of nitrogens with zero attached hydrogens (tertiary/aromatic N) is 4. The number of tetrazole rings is 1. The lowest BCUT2D eigenvalue weighted by molar-refractivity contribution is -0.385. The van der Waals surface area contributed by atoms with E-state index in [0.29, 0.717) is 18.1 Å². The number of H-pyrrole nitrogens is 1. The number of nitrogens with one attached hydrogen (secondary N) is 2. The second-order valence-electron chi connectivity index (χ2n) is 4.42. The number of nitro groups is 1. The summed E-state index contributed by atoms with van der Waals surface area (Å²) in [6.07, 6.45) is 0.772. The molecule has 0 spiro atoms. The molecule has 9 heteroatoms. The molecule has 0 radical (unpaired) electrons. The van der Waals surface area contributed by atoms with Crippen LogP contribution in [0, 0.1) is 10.1 Å². The molecule has 2 N–H and O–H groups in total. The first-order chi connectivity index (χ1) is 10.1. The lowest BCUT2D eigenvalue weighted by Crippen LogP contribution is -2.09. The van der Waals surface area contributed by atoms with E-state index in [1.165, 1.54) is 6.07 Å². The highest BCUT2D eigenvalue weighted by molar-refractivity contribution is 5.58. The average Bonchev–Trinajstić information content (AvgIpc) is 2.99. The maximum absolute atomic E-state index is 11.0. The van der Waals surface area contributed by atoms with Gasteiger partial charge in [0.2, 0.25) is 0 Å². The first-order valence-electron chi connectivity index (χ1n) is 6.53. The molecule has 0 fully saturated rings. The van der Waals surface area contributed by atoms with Crippen molar-refractivity contribution in [2.45, 2.75) is 26.3 Å². The molecular formula is C12H16N6O3. The van der Waals surface area contributed by atoms with E-state index in [4.69, 9.17) is 4.74 Å². The normalized spacial score (nSPS) is 11.9. The molecule has 0 saturated carbocycles. The molecule has 0 aliphatic carbocycles. The molecule has 1 unspecified atom stereocenters. The van der Waals surface area contributed by atoms with Gasteiger partial charge in [0.15, 0.2) is 11.6 Å². The van der Waals surface area contributed by atoms with Crippen LogP contribution in [0.1, 0.15) is 32.1 Å². The molecule has 1 heterocycles. The molecule has 9 nitrogen and oxygen atoms in total. The van der Waals surface area contributed by atoms with E-state index in [9.17, 15) is 10.1 Å². The summed E-state index contributed by atoms with van der Waals surface area (Å²) in [6, 6.07) is 4.44. The van der Waals surface area contributed by atoms with Gasteiger partial charge in [0.25, 0.3) is 0 Å². The Balaban J connectivity index is 2.18. The third kappa shape index (κ3) is 3.65. The lowest BCUT2D eigenvalue weighted by atomic mass is 10.2. The predicted molar refractivity (Wildman–Crippen MR) is 75.1 cm³/mol.